The van der Waals surface area contributed by atoms with Crippen molar-refractivity contribution in [2.75, 3.05) is 0 Å². The van der Waals surface area contributed by atoms with Gasteiger partial charge in [-0.15, -0.1) is 0 Å². The summed E-state index contributed by atoms with van der Waals surface area (Å²) in [4.78, 5) is 11.8. The summed E-state index contributed by atoms with van der Waals surface area (Å²) in [7, 11) is 0. The SMILES string of the molecule is C=C(C)C(=O)OC1(C)Cc2ccccc2C1CC. The van der Waals surface area contributed by atoms with E-state index in [9.17, 15) is 4.79 Å². The standard InChI is InChI=1S/C16H20O2/c1-5-14-13-9-7-6-8-12(13)10-16(14,4)18-15(17)11(2)3/h6-9,14H,2,5,10H2,1,3-4H3. The molecule has 0 aliphatic heterocycles. The molecular weight excluding hydrogens is 224 g/mol. The Kier molecular flexibility index (Phi) is 3.29. The second-order valence-corrected chi connectivity index (χ2v) is 5.32. The predicted molar refractivity (Wildman–Crippen MR) is 72.5 cm³/mol. The minimum atomic E-state index is -0.436. The lowest BCUT2D eigenvalue weighted by molar-refractivity contribution is -0.154. The van der Waals surface area contributed by atoms with Crippen LogP contribution in [0.4, 0.5) is 0 Å². The Morgan fingerprint density at radius 2 is 2.17 bits per heavy atom. The second-order valence-electron chi connectivity index (χ2n) is 5.32. The molecule has 0 heterocycles. The van der Waals surface area contributed by atoms with Crippen molar-refractivity contribution in [3.8, 4) is 0 Å². The lowest BCUT2D eigenvalue weighted by Gasteiger charge is -2.31. The number of benzene rings is 1. The summed E-state index contributed by atoms with van der Waals surface area (Å²) < 4.78 is 5.71. The fourth-order valence-corrected chi connectivity index (χ4v) is 2.92. The summed E-state index contributed by atoms with van der Waals surface area (Å²) in [6.45, 7) is 9.51. The van der Waals surface area contributed by atoms with Gasteiger partial charge in [-0.25, -0.2) is 4.79 Å². The molecule has 0 N–H and O–H groups in total. The molecule has 0 bridgehead atoms. The van der Waals surface area contributed by atoms with Gasteiger partial charge in [0, 0.05) is 17.9 Å². The molecule has 2 heteroatoms. The Labute approximate surface area is 109 Å². The Hall–Kier alpha value is -1.57. The van der Waals surface area contributed by atoms with Gasteiger partial charge in [-0.2, -0.15) is 0 Å². The maximum atomic E-state index is 11.8. The third kappa shape index (κ3) is 2.07. The van der Waals surface area contributed by atoms with Crippen LogP contribution in [-0.2, 0) is 16.0 Å². The van der Waals surface area contributed by atoms with Gasteiger partial charge in [0.1, 0.15) is 5.60 Å². The van der Waals surface area contributed by atoms with Crippen molar-refractivity contribution in [1.29, 1.82) is 0 Å². The molecule has 0 aromatic heterocycles. The monoisotopic (exact) mass is 244 g/mol. The van der Waals surface area contributed by atoms with E-state index in [2.05, 4.69) is 25.6 Å². The number of carbonyl (C=O) groups is 1. The molecule has 2 nitrogen and oxygen atoms in total. The van der Waals surface area contributed by atoms with E-state index in [0.29, 0.717) is 5.57 Å². The quantitative estimate of drug-likeness (QED) is 0.599. The van der Waals surface area contributed by atoms with Crippen LogP contribution < -0.4 is 0 Å². The fraction of sp³-hybridized carbons (Fsp3) is 0.438. The normalized spacial score (nSPS) is 25.6. The van der Waals surface area contributed by atoms with E-state index in [0.717, 1.165) is 12.8 Å². The summed E-state index contributed by atoms with van der Waals surface area (Å²) >= 11 is 0. The minimum absolute atomic E-state index is 0.275. The smallest absolute Gasteiger partial charge is 0.333 e. The number of rotatable bonds is 3. The Morgan fingerprint density at radius 1 is 1.50 bits per heavy atom. The van der Waals surface area contributed by atoms with Crippen LogP contribution in [0.2, 0.25) is 0 Å². The number of ether oxygens (including phenoxy) is 1. The maximum absolute atomic E-state index is 11.8. The van der Waals surface area contributed by atoms with Crippen LogP contribution in [0, 0.1) is 0 Å². The molecule has 2 unspecified atom stereocenters. The van der Waals surface area contributed by atoms with E-state index in [1.165, 1.54) is 11.1 Å². The molecule has 1 aliphatic carbocycles. The highest BCUT2D eigenvalue weighted by molar-refractivity contribution is 5.87. The number of carbonyl (C=O) groups excluding carboxylic acids is 1. The summed E-state index contributed by atoms with van der Waals surface area (Å²) in [5, 5.41) is 0. The Bertz CT molecular complexity index is 490. The molecule has 2 atom stereocenters. The van der Waals surface area contributed by atoms with Crippen molar-refractivity contribution in [2.24, 2.45) is 0 Å². The molecule has 0 saturated carbocycles. The highest BCUT2D eigenvalue weighted by Crippen LogP contribution is 2.45. The van der Waals surface area contributed by atoms with Crippen LogP contribution in [0.15, 0.2) is 36.4 Å². The van der Waals surface area contributed by atoms with Gasteiger partial charge in [0.2, 0.25) is 0 Å². The predicted octanol–water partition coefficient (Wildman–Crippen LogP) is 3.61. The highest BCUT2D eigenvalue weighted by atomic mass is 16.6. The van der Waals surface area contributed by atoms with Crippen LogP contribution in [0.5, 0.6) is 0 Å². The summed E-state index contributed by atoms with van der Waals surface area (Å²) in [6.07, 6.45) is 1.76. The zero-order chi connectivity index (χ0) is 13.3. The number of hydrogen-bond donors (Lipinski definition) is 0. The van der Waals surface area contributed by atoms with Crippen LogP contribution in [-0.4, -0.2) is 11.6 Å². The molecule has 2 rings (SSSR count). The third-order valence-corrected chi connectivity index (χ3v) is 3.79. The van der Waals surface area contributed by atoms with Gasteiger partial charge < -0.3 is 4.74 Å². The molecule has 18 heavy (non-hydrogen) atoms. The van der Waals surface area contributed by atoms with E-state index < -0.39 is 5.60 Å². The van der Waals surface area contributed by atoms with Gasteiger partial charge in [-0.05, 0) is 31.4 Å². The van der Waals surface area contributed by atoms with Crippen molar-refractivity contribution in [3.63, 3.8) is 0 Å². The summed E-state index contributed by atoms with van der Waals surface area (Å²) in [5.74, 6) is -0.0132. The first-order chi connectivity index (χ1) is 8.48. The largest absolute Gasteiger partial charge is 0.455 e. The van der Waals surface area contributed by atoms with Crippen molar-refractivity contribution in [1.82, 2.24) is 0 Å². The van der Waals surface area contributed by atoms with Crippen molar-refractivity contribution in [3.05, 3.63) is 47.5 Å². The molecule has 1 aromatic rings. The van der Waals surface area contributed by atoms with Gasteiger partial charge in [0.15, 0.2) is 0 Å². The van der Waals surface area contributed by atoms with Crippen LogP contribution in [0.3, 0.4) is 0 Å². The van der Waals surface area contributed by atoms with Crippen LogP contribution in [0.25, 0.3) is 0 Å². The lowest BCUT2D eigenvalue weighted by Crippen LogP contribution is -2.36. The van der Waals surface area contributed by atoms with E-state index in [1.54, 1.807) is 6.92 Å². The van der Waals surface area contributed by atoms with Crippen LogP contribution in [0.1, 0.15) is 44.2 Å². The molecular formula is C16H20O2. The molecule has 0 spiro atoms. The summed E-state index contributed by atoms with van der Waals surface area (Å²) in [6, 6.07) is 8.35. The van der Waals surface area contributed by atoms with E-state index >= 15 is 0 Å². The molecule has 1 aliphatic rings. The molecule has 0 fully saturated rings. The average molecular weight is 244 g/mol. The number of esters is 1. The minimum Gasteiger partial charge on any atom is -0.455 e. The second kappa shape index (κ2) is 4.60. The highest BCUT2D eigenvalue weighted by Gasteiger charge is 2.44. The molecule has 0 amide bonds. The van der Waals surface area contributed by atoms with E-state index in [1.807, 2.05) is 19.1 Å². The zero-order valence-corrected chi connectivity index (χ0v) is 11.3. The van der Waals surface area contributed by atoms with Gasteiger partial charge in [-0.3, -0.25) is 0 Å². The van der Waals surface area contributed by atoms with Crippen molar-refractivity contribution >= 4 is 5.97 Å². The third-order valence-electron chi connectivity index (χ3n) is 3.79. The van der Waals surface area contributed by atoms with E-state index in [4.69, 9.17) is 4.74 Å². The van der Waals surface area contributed by atoms with Gasteiger partial charge in [-0.1, -0.05) is 37.8 Å². The first kappa shape index (κ1) is 12.9. The van der Waals surface area contributed by atoms with Crippen molar-refractivity contribution < 1.29 is 9.53 Å². The van der Waals surface area contributed by atoms with Gasteiger partial charge in [0.25, 0.3) is 0 Å². The van der Waals surface area contributed by atoms with Crippen molar-refractivity contribution in [2.45, 2.75) is 45.1 Å². The topological polar surface area (TPSA) is 26.3 Å². The average Bonchev–Trinajstić information content (AvgIpc) is 2.59. The first-order valence-electron chi connectivity index (χ1n) is 6.44. The lowest BCUT2D eigenvalue weighted by atomic mass is 9.87. The molecule has 0 radical (unpaired) electrons. The Morgan fingerprint density at radius 3 is 2.78 bits per heavy atom. The zero-order valence-electron chi connectivity index (χ0n) is 11.3. The molecule has 96 valence electrons. The Balaban J connectivity index is 2.31. The fourth-order valence-electron chi connectivity index (χ4n) is 2.92. The van der Waals surface area contributed by atoms with Gasteiger partial charge >= 0.3 is 5.97 Å². The first-order valence-corrected chi connectivity index (χ1v) is 6.44. The summed E-state index contributed by atoms with van der Waals surface area (Å²) in [5.41, 5.74) is 2.63. The molecule has 0 saturated heterocycles. The van der Waals surface area contributed by atoms with Crippen LogP contribution >= 0.6 is 0 Å². The van der Waals surface area contributed by atoms with E-state index in [-0.39, 0.29) is 11.9 Å². The maximum Gasteiger partial charge on any atom is 0.333 e. The molecule has 1 aromatic carbocycles. The number of fused-ring (bicyclic) bond motifs is 1. The number of hydrogen-bond acceptors (Lipinski definition) is 2. The van der Waals surface area contributed by atoms with Gasteiger partial charge in [0.05, 0.1) is 0 Å².